The highest BCUT2D eigenvalue weighted by molar-refractivity contribution is 6.07. The van der Waals surface area contributed by atoms with Crippen molar-refractivity contribution in [1.29, 1.82) is 0 Å². The molecule has 0 aromatic carbocycles. The topological polar surface area (TPSA) is 9.23 Å². The van der Waals surface area contributed by atoms with Crippen LogP contribution in [0, 0.1) is 0 Å². The maximum atomic E-state index is 5.02. The zero-order valence-electron chi connectivity index (χ0n) is 6.35. The molecule has 56 valence electrons. The van der Waals surface area contributed by atoms with Gasteiger partial charge in [0.15, 0.2) is 0 Å². The van der Waals surface area contributed by atoms with E-state index in [0.717, 1.165) is 17.4 Å². The second-order valence-electron chi connectivity index (χ2n) is 3.18. The molecular formula is C6H15ClNO+. The molecule has 0 atom stereocenters. The van der Waals surface area contributed by atoms with Crippen LogP contribution in [0.15, 0.2) is 0 Å². The summed E-state index contributed by atoms with van der Waals surface area (Å²) in [6, 6.07) is 0. The maximum Gasteiger partial charge on any atom is 0.0803 e. The lowest BCUT2D eigenvalue weighted by Gasteiger charge is -2.23. The van der Waals surface area contributed by atoms with Gasteiger partial charge in [0.05, 0.1) is 46.2 Å². The Balaban J connectivity index is 3.07. The van der Waals surface area contributed by atoms with Crippen LogP contribution in [-0.2, 0) is 4.29 Å². The van der Waals surface area contributed by atoms with Gasteiger partial charge in [-0.25, -0.2) is 0 Å². The van der Waals surface area contributed by atoms with Gasteiger partial charge in [-0.15, -0.1) is 0 Å². The van der Waals surface area contributed by atoms with E-state index in [0.29, 0.717) is 6.61 Å². The molecule has 0 unspecified atom stereocenters. The molecule has 0 spiro atoms. The zero-order chi connectivity index (χ0) is 7.33. The normalized spacial score (nSPS) is 12.0. The van der Waals surface area contributed by atoms with Gasteiger partial charge in [0.2, 0.25) is 0 Å². The largest absolute Gasteiger partial charge is 0.331 e. The molecule has 0 radical (unpaired) electrons. The number of nitrogens with zero attached hydrogens (tertiary/aromatic N) is 1. The summed E-state index contributed by atoms with van der Waals surface area (Å²) < 4.78 is 5.37. The summed E-state index contributed by atoms with van der Waals surface area (Å²) >= 11 is 5.02. The van der Waals surface area contributed by atoms with E-state index in [1.165, 1.54) is 0 Å². The number of quaternary nitrogens is 1. The van der Waals surface area contributed by atoms with Gasteiger partial charge in [-0.1, -0.05) is 0 Å². The van der Waals surface area contributed by atoms with Crippen LogP contribution in [0.5, 0.6) is 0 Å². The Morgan fingerprint density at radius 3 is 2.22 bits per heavy atom. The van der Waals surface area contributed by atoms with E-state index in [9.17, 15) is 0 Å². The van der Waals surface area contributed by atoms with Crippen LogP contribution in [-0.4, -0.2) is 38.8 Å². The molecule has 0 heterocycles. The van der Waals surface area contributed by atoms with E-state index < -0.39 is 0 Å². The predicted octanol–water partition coefficient (Wildman–Crippen LogP) is 1.25. The summed E-state index contributed by atoms with van der Waals surface area (Å²) in [5.41, 5.74) is 0. The lowest BCUT2D eigenvalue weighted by molar-refractivity contribution is -0.870. The van der Waals surface area contributed by atoms with Gasteiger partial charge in [0.1, 0.15) is 0 Å². The Bertz CT molecular complexity index is 69.9. The first-order valence-corrected chi connectivity index (χ1v) is 3.41. The van der Waals surface area contributed by atoms with Crippen LogP contribution in [0.3, 0.4) is 0 Å². The Morgan fingerprint density at radius 2 is 1.89 bits per heavy atom. The standard InChI is InChI=1S/C6H15ClNO/c1-8(2,3)5-4-6-9-7/h4-6H2,1-3H3/q+1. The van der Waals surface area contributed by atoms with Crippen LogP contribution < -0.4 is 0 Å². The van der Waals surface area contributed by atoms with Gasteiger partial charge in [-0.2, -0.15) is 0 Å². The summed E-state index contributed by atoms with van der Waals surface area (Å²) in [7, 11) is 6.44. The SMILES string of the molecule is C[N+](C)(C)CCCOCl. The summed E-state index contributed by atoms with van der Waals surface area (Å²) in [5.74, 6) is 0. The molecule has 0 amide bonds. The van der Waals surface area contributed by atoms with Crippen molar-refractivity contribution in [1.82, 2.24) is 0 Å². The fraction of sp³-hybridized carbons (Fsp3) is 1.00. The highest BCUT2D eigenvalue weighted by atomic mass is 35.5. The predicted molar refractivity (Wildman–Crippen MR) is 39.3 cm³/mol. The first-order valence-electron chi connectivity index (χ1n) is 3.10. The Hall–Kier alpha value is 0.210. The summed E-state index contributed by atoms with van der Waals surface area (Å²) in [5, 5.41) is 0. The van der Waals surface area contributed by atoms with E-state index in [4.69, 9.17) is 11.9 Å². The summed E-state index contributed by atoms with van der Waals surface area (Å²) in [6.07, 6.45) is 1.02. The molecule has 0 bridgehead atoms. The molecular weight excluding hydrogens is 138 g/mol. The van der Waals surface area contributed by atoms with Crippen LogP contribution in [0.2, 0.25) is 0 Å². The van der Waals surface area contributed by atoms with Gasteiger partial charge < -0.3 is 4.48 Å². The Labute approximate surface area is 62.1 Å². The van der Waals surface area contributed by atoms with Gasteiger partial charge >= 0.3 is 0 Å². The minimum atomic E-state index is 0.650. The third-order valence-corrected chi connectivity index (χ3v) is 1.20. The van der Waals surface area contributed by atoms with Crippen LogP contribution >= 0.6 is 11.9 Å². The molecule has 0 aliphatic carbocycles. The number of hydrogen-bond acceptors (Lipinski definition) is 1. The summed E-state index contributed by atoms with van der Waals surface area (Å²) in [4.78, 5) is 0. The molecule has 0 rings (SSSR count). The van der Waals surface area contributed by atoms with Gasteiger partial charge in [0, 0.05) is 6.42 Å². The van der Waals surface area contributed by atoms with E-state index in [1.807, 2.05) is 0 Å². The van der Waals surface area contributed by atoms with Crippen LogP contribution in [0.4, 0.5) is 0 Å². The lowest BCUT2D eigenvalue weighted by Crippen LogP contribution is -2.35. The molecule has 0 aromatic heterocycles. The van der Waals surface area contributed by atoms with Crippen molar-refractivity contribution in [2.45, 2.75) is 6.42 Å². The molecule has 0 saturated heterocycles. The Kier molecular flexibility index (Phi) is 4.19. The fourth-order valence-electron chi connectivity index (χ4n) is 0.593. The van der Waals surface area contributed by atoms with Crippen molar-refractivity contribution in [3.63, 3.8) is 0 Å². The molecule has 2 nitrogen and oxygen atoms in total. The van der Waals surface area contributed by atoms with Crippen molar-refractivity contribution in [2.24, 2.45) is 0 Å². The highest BCUT2D eigenvalue weighted by Crippen LogP contribution is 1.94. The molecule has 0 N–H and O–H groups in total. The monoisotopic (exact) mass is 152 g/mol. The second kappa shape index (κ2) is 4.09. The molecule has 0 aliphatic rings. The minimum Gasteiger partial charge on any atom is -0.331 e. The molecule has 0 aromatic rings. The molecule has 3 heteroatoms. The Morgan fingerprint density at radius 1 is 1.33 bits per heavy atom. The smallest absolute Gasteiger partial charge is 0.0803 e. The van der Waals surface area contributed by atoms with E-state index in [2.05, 4.69) is 25.4 Å². The van der Waals surface area contributed by atoms with Gasteiger partial charge in [-0.05, 0) is 0 Å². The molecule has 0 aliphatic heterocycles. The highest BCUT2D eigenvalue weighted by Gasteiger charge is 2.04. The second-order valence-corrected chi connectivity index (χ2v) is 3.40. The first-order chi connectivity index (χ1) is 4.06. The maximum absolute atomic E-state index is 5.02. The van der Waals surface area contributed by atoms with Crippen molar-refractivity contribution < 1.29 is 8.77 Å². The lowest BCUT2D eigenvalue weighted by atomic mass is 10.4. The van der Waals surface area contributed by atoms with Gasteiger partial charge in [-0.3, -0.25) is 4.29 Å². The van der Waals surface area contributed by atoms with Gasteiger partial charge in [0.25, 0.3) is 0 Å². The number of halogens is 1. The van der Waals surface area contributed by atoms with Crippen LogP contribution in [0.1, 0.15) is 6.42 Å². The fourth-order valence-corrected chi connectivity index (χ4v) is 0.703. The van der Waals surface area contributed by atoms with Crippen molar-refractivity contribution in [3.05, 3.63) is 0 Å². The summed E-state index contributed by atoms with van der Waals surface area (Å²) in [6.45, 7) is 1.75. The van der Waals surface area contributed by atoms with E-state index >= 15 is 0 Å². The van der Waals surface area contributed by atoms with Crippen molar-refractivity contribution in [2.75, 3.05) is 34.3 Å². The first kappa shape index (κ1) is 9.21. The van der Waals surface area contributed by atoms with E-state index in [1.54, 1.807) is 0 Å². The quantitative estimate of drug-likeness (QED) is 0.435. The number of hydrogen-bond donors (Lipinski definition) is 0. The van der Waals surface area contributed by atoms with Crippen molar-refractivity contribution >= 4 is 11.9 Å². The van der Waals surface area contributed by atoms with E-state index in [-0.39, 0.29) is 0 Å². The molecule has 9 heavy (non-hydrogen) atoms. The average Bonchev–Trinajstić information content (AvgIpc) is 1.63. The molecule has 0 fully saturated rings. The van der Waals surface area contributed by atoms with Crippen LogP contribution in [0.25, 0.3) is 0 Å². The third-order valence-electron chi connectivity index (χ3n) is 1.05. The third kappa shape index (κ3) is 8.21. The minimum absolute atomic E-state index is 0.650. The number of rotatable bonds is 4. The zero-order valence-corrected chi connectivity index (χ0v) is 7.11. The molecule has 0 saturated carbocycles. The average molecular weight is 153 g/mol. The van der Waals surface area contributed by atoms with Crippen molar-refractivity contribution in [3.8, 4) is 0 Å².